The molecule has 0 atom stereocenters. The van der Waals surface area contributed by atoms with E-state index in [0.717, 1.165) is 44.1 Å². The van der Waals surface area contributed by atoms with Gasteiger partial charge >= 0.3 is 0 Å². The number of carbonyl (C=O) groups is 1. The van der Waals surface area contributed by atoms with Gasteiger partial charge in [-0.3, -0.25) is 9.79 Å². The fraction of sp³-hybridized carbons (Fsp3) is 0.304. The van der Waals surface area contributed by atoms with Gasteiger partial charge in [0, 0.05) is 39.3 Å². The first-order chi connectivity index (χ1) is 13.7. The Labute approximate surface area is 190 Å². The van der Waals surface area contributed by atoms with Gasteiger partial charge in [-0.1, -0.05) is 48.5 Å². The van der Waals surface area contributed by atoms with Crippen LogP contribution in [0.4, 0.5) is 5.69 Å². The number of guanidine groups is 1. The molecule has 0 spiro atoms. The molecule has 1 aliphatic heterocycles. The minimum Gasteiger partial charge on any atom is -0.356 e. The first-order valence-corrected chi connectivity index (χ1v) is 9.72. The van der Waals surface area contributed by atoms with E-state index in [0.29, 0.717) is 0 Å². The van der Waals surface area contributed by atoms with Crippen LogP contribution in [0.3, 0.4) is 0 Å². The maximum absolute atomic E-state index is 11.1. The molecule has 2 aromatic carbocycles. The van der Waals surface area contributed by atoms with Crippen LogP contribution < -0.4 is 10.6 Å². The van der Waals surface area contributed by atoms with Gasteiger partial charge in [-0.2, -0.15) is 0 Å². The number of nitrogens with one attached hydrogen (secondary N) is 2. The minimum absolute atomic E-state index is 0. The van der Waals surface area contributed by atoms with Crippen molar-refractivity contribution in [3.05, 3.63) is 71.8 Å². The van der Waals surface area contributed by atoms with Gasteiger partial charge in [0.05, 0.1) is 0 Å². The number of anilines is 1. The summed E-state index contributed by atoms with van der Waals surface area (Å²) in [4.78, 5) is 17.8. The molecule has 3 rings (SSSR count). The predicted molar refractivity (Wildman–Crippen MR) is 132 cm³/mol. The van der Waals surface area contributed by atoms with E-state index in [1.54, 1.807) is 0 Å². The molecule has 0 radical (unpaired) electrons. The van der Waals surface area contributed by atoms with E-state index in [2.05, 4.69) is 56.9 Å². The largest absolute Gasteiger partial charge is 0.356 e. The van der Waals surface area contributed by atoms with Gasteiger partial charge in [-0.25, -0.2) is 0 Å². The normalized spacial score (nSPS) is 13.9. The molecular formula is C23H29IN4O. The Morgan fingerprint density at radius 3 is 2.41 bits per heavy atom. The Morgan fingerprint density at radius 2 is 1.83 bits per heavy atom. The van der Waals surface area contributed by atoms with Crippen molar-refractivity contribution in [2.75, 3.05) is 32.0 Å². The zero-order chi connectivity index (χ0) is 19.8. The van der Waals surface area contributed by atoms with Crippen LogP contribution >= 0.6 is 24.0 Å². The molecule has 2 N–H and O–H groups in total. The summed E-state index contributed by atoms with van der Waals surface area (Å²) < 4.78 is 0. The molecule has 1 amide bonds. The van der Waals surface area contributed by atoms with E-state index >= 15 is 0 Å². The van der Waals surface area contributed by atoms with Crippen molar-refractivity contribution in [3.63, 3.8) is 0 Å². The van der Waals surface area contributed by atoms with Gasteiger partial charge in [0.1, 0.15) is 0 Å². The maximum Gasteiger partial charge on any atom is 0.221 e. The molecule has 154 valence electrons. The molecule has 1 aliphatic rings. The summed E-state index contributed by atoms with van der Waals surface area (Å²) in [6, 6.07) is 18.5. The second-order valence-corrected chi connectivity index (χ2v) is 6.89. The first-order valence-electron chi connectivity index (χ1n) is 9.72. The average molecular weight is 504 g/mol. The molecule has 6 heteroatoms. The first kappa shape index (κ1) is 22.9. The van der Waals surface area contributed by atoms with Gasteiger partial charge in [0.15, 0.2) is 5.96 Å². The van der Waals surface area contributed by atoms with E-state index < -0.39 is 0 Å². The topological polar surface area (TPSA) is 56.7 Å². The van der Waals surface area contributed by atoms with Crippen molar-refractivity contribution in [2.24, 2.45) is 4.99 Å². The van der Waals surface area contributed by atoms with Gasteiger partial charge in [0.25, 0.3) is 0 Å². The molecule has 0 saturated carbocycles. The lowest BCUT2D eigenvalue weighted by atomic mass is 10.00. The number of hydrogen-bond donors (Lipinski definition) is 2. The van der Waals surface area contributed by atoms with Crippen LogP contribution in [0.2, 0.25) is 0 Å². The van der Waals surface area contributed by atoms with Crippen molar-refractivity contribution >= 4 is 47.1 Å². The van der Waals surface area contributed by atoms with E-state index in [1.165, 1.54) is 23.6 Å². The number of carbonyl (C=O) groups excluding carboxylic acids is 1. The third kappa shape index (κ3) is 6.88. The van der Waals surface area contributed by atoms with E-state index in [4.69, 9.17) is 0 Å². The highest BCUT2D eigenvalue weighted by atomic mass is 127. The Kier molecular flexibility index (Phi) is 9.18. The highest BCUT2D eigenvalue weighted by Gasteiger charge is 2.15. The average Bonchev–Trinajstić information content (AvgIpc) is 2.73. The maximum atomic E-state index is 11.1. The summed E-state index contributed by atoms with van der Waals surface area (Å²) in [7, 11) is 1.83. The summed E-state index contributed by atoms with van der Waals surface area (Å²) in [6.45, 7) is 4.17. The molecule has 0 saturated heterocycles. The van der Waals surface area contributed by atoms with E-state index in [-0.39, 0.29) is 29.9 Å². The lowest BCUT2D eigenvalue weighted by molar-refractivity contribution is -0.114. The molecule has 0 aliphatic carbocycles. The van der Waals surface area contributed by atoms with Gasteiger partial charge in [-0.05, 0) is 41.7 Å². The second kappa shape index (κ2) is 11.6. The second-order valence-electron chi connectivity index (χ2n) is 6.89. The zero-order valence-corrected chi connectivity index (χ0v) is 19.4. The third-order valence-corrected chi connectivity index (χ3v) is 4.84. The molecule has 1 heterocycles. The van der Waals surface area contributed by atoms with Crippen LogP contribution in [0.1, 0.15) is 24.5 Å². The molecule has 0 aromatic heterocycles. The molecule has 5 nitrogen and oxygen atoms in total. The number of rotatable bonds is 5. The van der Waals surface area contributed by atoms with E-state index in [1.807, 2.05) is 31.3 Å². The standard InChI is InChI=1S/C23H28N4O.HI/c1-18(28)26-22-10-8-19(9-11-22)12-15-25-23(24-2)27-16-13-21(14-17-27)20-6-4-3-5-7-20;/h3-11,13H,12,14-17H2,1-2H3,(H,24,25)(H,26,28);1H. The van der Waals surface area contributed by atoms with Gasteiger partial charge in [-0.15, -0.1) is 24.0 Å². The molecule has 29 heavy (non-hydrogen) atoms. The third-order valence-electron chi connectivity index (χ3n) is 4.84. The zero-order valence-electron chi connectivity index (χ0n) is 17.0. The fourth-order valence-corrected chi connectivity index (χ4v) is 3.38. The number of aliphatic imine (C=N–C) groups is 1. The van der Waals surface area contributed by atoms with Crippen LogP contribution in [0, 0.1) is 0 Å². The number of benzene rings is 2. The van der Waals surface area contributed by atoms with Crippen molar-refractivity contribution in [3.8, 4) is 0 Å². The Bertz CT molecular complexity index is 847. The lowest BCUT2D eigenvalue weighted by Gasteiger charge is -2.29. The predicted octanol–water partition coefficient (Wildman–Crippen LogP) is 4.17. The van der Waals surface area contributed by atoms with Crippen molar-refractivity contribution < 1.29 is 4.79 Å². The van der Waals surface area contributed by atoms with Crippen molar-refractivity contribution in [1.82, 2.24) is 10.2 Å². The van der Waals surface area contributed by atoms with Crippen LogP contribution in [0.5, 0.6) is 0 Å². The SMILES string of the molecule is CN=C(NCCc1ccc(NC(C)=O)cc1)N1CC=C(c2ccccc2)CC1.I. The smallest absolute Gasteiger partial charge is 0.221 e. The number of halogens is 1. The summed E-state index contributed by atoms with van der Waals surface area (Å²) in [6.07, 6.45) is 4.22. The van der Waals surface area contributed by atoms with Crippen molar-refractivity contribution in [2.45, 2.75) is 19.8 Å². The molecular weight excluding hydrogens is 475 g/mol. The van der Waals surface area contributed by atoms with Crippen LogP contribution in [0.25, 0.3) is 5.57 Å². The van der Waals surface area contributed by atoms with Gasteiger partial charge < -0.3 is 15.5 Å². The lowest BCUT2D eigenvalue weighted by Crippen LogP contribution is -2.44. The van der Waals surface area contributed by atoms with Crippen LogP contribution in [0.15, 0.2) is 65.7 Å². The molecule has 0 unspecified atom stereocenters. The van der Waals surface area contributed by atoms with Crippen molar-refractivity contribution in [1.29, 1.82) is 0 Å². The highest BCUT2D eigenvalue weighted by molar-refractivity contribution is 14.0. The summed E-state index contributed by atoms with van der Waals surface area (Å²) in [5, 5.41) is 6.25. The quantitative estimate of drug-likeness (QED) is 0.365. The Morgan fingerprint density at radius 1 is 1.10 bits per heavy atom. The highest BCUT2D eigenvalue weighted by Crippen LogP contribution is 2.21. The Hall–Kier alpha value is -2.35. The number of amides is 1. The minimum atomic E-state index is -0.0516. The number of nitrogens with zero attached hydrogens (tertiary/aromatic N) is 2. The monoisotopic (exact) mass is 504 g/mol. The molecule has 2 aromatic rings. The fourth-order valence-electron chi connectivity index (χ4n) is 3.38. The Balaban J connectivity index is 0.00000300. The summed E-state index contributed by atoms with van der Waals surface area (Å²) >= 11 is 0. The number of hydrogen-bond acceptors (Lipinski definition) is 2. The van der Waals surface area contributed by atoms with Gasteiger partial charge in [0.2, 0.25) is 5.91 Å². The summed E-state index contributed by atoms with van der Waals surface area (Å²) in [5.74, 6) is 0.891. The summed E-state index contributed by atoms with van der Waals surface area (Å²) in [5.41, 5.74) is 4.77. The molecule has 0 bridgehead atoms. The molecule has 0 fully saturated rings. The van der Waals surface area contributed by atoms with E-state index in [9.17, 15) is 4.79 Å². The van der Waals surface area contributed by atoms with Crippen LogP contribution in [-0.4, -0.2) is 43.4 Å². The van der Waals surface area contributed by atoms with Crippen LogP contribution in [-0.2, 0) is 11.2 Å².